The minimum atomic E-state index is -3.23. The molecule has 5 nitrogen and oxygen atoms in total. The van der Waals surface area contributed by atoms with E-state index in [9.17, 15) is 8.42 Å². The standard InChI is InChI=1S/C18H31N3O2S/c1-15(2)9-7-10-16(3)21-18(19)20-13-8-14-24(22,23)17-11-5-4-6-12-17/h4-6,11-12,15-16H,7-10,13-14H2,1-3H3,(H3,19,20,21). The van der Waals surface area contributed by atoms with Gasteiger partial charge in [0.05, 0.1) is 10.6 Å². The highest BCUT2D eigenvalue weighted by atomic mass is 32.2. The Bertz CT molecular complexity index is 598. The molecule has 0 aliphatic heterocycles. The van der Waals surface area contributed by atoms with Crippen LogP contribution in [-0.4, -0.2) is 32.7 Å². The van der Waals surface area contributed by atoms with E-state index < -0.39 is 9.84 Å². The van der Waals surface area contributed by atoms with Crippen molar-refractivity contribution < 1.29 is 8.42 Å². The van der Waals surface area contributed by atoms with Crippen LogP contribution in [0, 0.1) is 5.92 Å². The quantitative estimate of drug-likeness (QED) is 0.385. The second kappa shape index (κ2) is 10.3. The summed E-state index contributed by atoms with van der Waals surface area (Å²) in [4.78, 5) is 4.58. The van der Waals surface area contributed by atoms with E-state index in [1.807, 2.05) is 0 Å². The predicted octanol–water partition coefficient (Wildman–Crippen LogP) is 2.97. The van der Waals surface area contributed by atoms with Gasteiger partial charge in [-0.3, -0.25) is 4.99 Å². The van der Waals surface area contributed by atoms with Gasteiger partial charge in [0.15, 0.2) is 15.8 Å². The molecule has 1 aromatic rings. The van der Waals surface area contributed by atoms with Crippen molar-refractivity contribution >= 4 is 15.8 Å². The molecule has 0 saturated heterocycles. The van der Waals surface area contributed by atoms with Crippen LogP contribution in [0.15, 0.2) is 40.2 Å². The number of nitrogens with two attached hydrogens (primary N) is 1. The number of sulfone groups is 1. The molecule has 0 aliphatic carbocycles. The number of nitrogens with one attached hydrogen (secondary N) is 1. The minimum Gasteiger partial charge on any atom is -0.370 e. The molecule has 0 amide bonds. The Kier molecular flexibility index (Phi) is 8.82. The molecule has 24 heavy (non-hydrogen) atoms. The highest BCUT2D eigenvalue weighted by molar-refractivity contribution is 7.91. The van der Waals surface area contributed by atoms with Gasteiger partial charge in [0.25, 0.3) is 0 Å². The van der Waals surface area contributed by atoms with E-state index in [0.29, 0.717) is 23.8 Å². The summed E-state index contributed by atoms with van der Waals surface area (Å²) >= 11 is 0. The van der Waals surface area contributed by atoms with Gasteiger partial charge in [0.1, 0.15) is 0 Å². The number of nitrogens with zero attached hydrogens (tertiary/aromatic N) is 1. The fourth-order valence-electron chi connectivity index (χ4n) is 2.40. The Hall–Kier alpha value is -1.56. The smallest absolute Gasteiger partial charge is 0.188 e. The van der Waals surface area contributed by atoms with Crippen LogP contribution in [0.4, 0.5) is 0 Å². The van der Waals surface area contributed by atoms with Crippen molar-refractivity contribution in [2.45, 2.75) is 57.4 Å². The first kappa shape index (κ1) is 20.5. The highest BCUT2D eigenvalue weighted by Gasteiger charge is 2.12. The molecule has 0 saturated carbocycles. The Morgan fingerprint density at radius 2 is 1.79 bits per heavy atom. The number of hydrogen-bond donors (Lipinski definition) is 2. The topological polar surface area (TPSA) is 84.5 Å². The molecule has 0 aromatic heterocycles. The minimum absolute atomic E-state index is 0.0811. The summed E-state index contributed by atoms with van der Waals surface area (Å²) < 4.78 is 24.3. The van der Waals surface area contributed by atoms with Gasteiger partial charge in [-0.2, -0.15) is 0 Å². The molecule has 1 aromatic carbocycles. The molecular weight excluding hydrogens is 322 g/mol. The summed E-state index contributed by atoms with van der Waals surface area (Å²) in [6.45, 7) is 6.93. The zero-order chi connectivity index (χ0) is 18.0. The monoisotopic (exact) mass is 353 g/mol. The summed E-state index contributed by atoms with van der Waals surface area (Å²) in [5.41, 5.74) is 5.86. The maximum Gasteiger partial charge on any atom is 0.188 e. The van der Waals surface area contributed by atoms with Crippen molar-refractivity contribution in [1.29, 1.82) is 0 Å². The molecule has 0 fully saturated rings. The van der Waals surface area contributed by atoms with E-state index in [1.54, 1.807) is 30.3 Å². The van der Waals surface area contributed by atoms with Crippen LogP contribution >= 0.6 is 0 Å². The molecule has 0 radical (unpaired) electrons. The third-order valence-corrected chi connectivity index (χ3v) is 5.59. The molecule has 3 N–H and O–H groups in total. The largest absolute Gasteiger partial charge is 0.370 e. The van der Waals surface area contributed by atoms with Gasteiger partial charge in [-0.1, -0.05) is 44.9 Å². The first-order valence-electron chi connectivity index (χ1n) is 8.65. The van der Waals surface area contributed by atoms with Gasteiger partial charge in [-0.05, 0) is 37.8 Å². The van der Waals surface area contributed by atoms with Crippen molar-refractivity contribution in [3.05, 3.63) is 30.3 Å². The molecule has 1 atom stereocenters. The van der Waals surface area contributed by atoms with E-state index in [4.69, 9.17) is 5.73 Å². The molecule has 0 heterocycles. The number of guanidine groups is 1. The van der Waals surface area contributed by atoms with Crippen LogP contribution in [-0.2, 0) is 9.84 Å². The van der Waals surface area contributed by atoms with Crippen molar-refractivity contribution in [3.8, 4) is 0 Å². The molecule has 0 aliphatic rings. The highest BCUT2D eigenvalue weighted by Crippen LogP contribution is 2.11. The number of hydrogen-bond acceptors (Lipinski definition) is 3. The fraction of sp³-hybridized carbons (Fsp3) is 0.611. The van der Waals surface area contributed by atoms with Crippen LogP contribution < -0.4 is 11.1 Å². The lowest BCUT2D eigenvalue weighted by Crippen LogP contribution is -2.38. The Morgan fingerprint density at radius 3 is 2.42 bits per heavy atom. The van der Waals surface area contributed by atoms with E-state index in [2.05, 4.69) is 31.1 Å². The molecule has 1 rings (SSSR count). The van der Waals surface area contributed by atoms with Gasteiger partial charge in [-0.15, -0.1) is 0 Å². The third-order valence-electron chi connectivity index (χ3n) is 3.77. The zero-order valence-electron chi connectivity index (χ0n) is 15.0. The zero-order valence-corrected chi connectivity index (χ0v) is 15.8. The van der Waals surface area contributed by atoms with Crippen molar-refractivity contribution in [2.75, 3.05) is 12.3 Å². The molecule has 6 heteroatoms. The maximum absolute atomic E-state index is 12.1. The third kappa shape index (κ3) is 8.34. The van der Waals surface area contributed by atoms with Crippen molar-refractivity contribution in [3.63, 3.8) is 0 Å². The summed E-state index contributed by atoms with van der Waals surface area (Å²) in [5.74, 6) is 1.19. The van der Waals surface area contributed by atoms with Crippen molar-refractivity contribution in [1.82, 2.24) is 5.32 Å². The number of aliphatic imine (C=N–C) groups is 1. The maximum atomic E-state index is 12.1. The van der Waals surface area contributed by atoms with Crippen LogP contribution in [0.2, 0.25) is 0 Å². The lowest BCUT2D eigenvalue weighted by Gasteiger charge is -2.15. The lowest BCUT2D eigenvalue weighted by molar-refractivity contribution is 0.493. The van der Waals surface area contributed by atoms with Crippen LogP contribution in [0.3, 0.4) is 0 Å². The van der Waals surface area contributed by atoms with Gasteiger partial charge < -0.3 is 11.1 Å². The molecule has 1 unspecified atom stereocenters. The van der Waals surface area contributed by atoms with Gasteiger partial charge in [-0.25, -0.2) is 8.42 Å². The van der Waals surface area contributed by atoms with E-state index in [0.717, 1.165) is 18.8 Å². The van der Waals surface area contributed by atoms with Crippen LogP contribution in [0.5, 0.6) is 0 Å². The van der Waals surface area contributed by atoms with Gasteiger partial charge >= 0.3 is 0 Å². The normalized spacial score (nSPS) is 13.9. The first-order valence-corrected chi connectivity index (χ1v) is 10.3. The second-order valence-corrected chi connectivity index (χ2v) is 8.73. The molecular formula is C18H31N3O2S. The van der Waals surface area contributed by atoms with E-state index >= 15 is 0 Å². The fourth-order valence-corrected chi connectivity index (χ4v) is 3.72. The number of benzene rings is 1. The second-order valence-electron chi connectivity index (χ2n) is 6.62. The van der Waals surface area contributed by atoms with E-state index in [-0.39, 0.29) is 11.8 Å². The molecule has 136 valence electrons. The number of rotatable bonds is 10. The van der Waals surface area contributed by atoms with E-state index in [1.165, 1.54) is 6.42 Å². The Balaban J connectivity index is 2.31. The first-order chi connectivity index (χ1) is 11.3. The summed E-state index contributed by atoms with van der Waals surface area (Å²) in [6.07, 6.45) is 3.88. The summed E-state index contributed by atoms with van der Waals surface area (Å²) in [7, 11) is -3.23. The SMILES string of the molecule is CC(C)CCCC(C)NC(N)=NCCCS(=O)(=O)c1ccccc1. The average Bonchev–Trinajstić information content (AvgIpc) is 2.52. The molecule has 0 bridgehead atoms. The lowest BCUT2D eigenvalue weighted by atomic mass is 10.0. The summed E-state index contributed by atoms with van der Waals surface area (Å²) in [5, 5.41) is 3.16. The van der Waals surface area contributed by atoms with Gasteiger partial charge in [0.2, 0.25) is 0 Å². The predicted molar refractivity (Wildman–Crippen MR) is 101 cm³/mol. The van der Waals surface area contributed by atoms with Crippen LogP contribution in [0.25, 0.3) is 0 Å². The Labute approximate surface area is 146 Å². The van der Waals surface area contributed by atoms with Crippen LogP contribution in [0.1, 0.15) is 46.5 Å². The van der Waals surface area contributed by atoms with Crippen molar-refractivity contribution in [2.24, 2.45) is 16.6 Å². The Morgan fingerprint density at radius 1 is 1.12 bits per heavy atom. The molecule has 0 spiro atoms. The summed E-state index contributed by atoms with van der Waals surface area (Å²) in [6, 6.07) is 8.78. The van der Waals surface area contributed by atoms with Gasteiger partial charge in [0, 0.05) is 12.6 Å². The average molecular weight is 354 g/mol.